The van der Waals surface area contributed by atoms with Gasteiger partial charge in [0.15, 0.2) is 0 Å². The fourth-order valence-corrected chi connectivity index (χ4v) is 1.08. The lowest BCUT2D eigenvalue weighted by molar-refractivity contribution is -0.161. The number of carbonyl (C=O) groups excluding carboxylic acids is 4. The van der Waals surface area contributed by atoms with Gasteiger partial charge < -0.3 is 10.4 Å². The number of imide groups is 2. The molecule has 1 heterocycles. The van der Waals surface area contributed by atoms with E-state index in [9.17, 15) is 24.3 Å². The van der Waals surface area contributed by atoms with Crippen molar-refractivity contribution in [1.82, 2.24) is 20.9 Å². The van der Waals surface area contributed by atoms with E-state index in [2.05, 4.69) is 5.32 Å². The molecule has 1 aliphatic heterocycles. The molecule has 0 aromatic carbocycles. The maximum Gasteiger partial charge on any atom is 0.327 e. The normalized spacial score (nSPS) is 24.1. The van der Waals surface area contributed by atoms with Crippen LogP contribution in [-0.2, 0) is 9.59 Å². The van der Waals surface area contributed by atoms with E-state index < -0.39 is 29.6 Å². The Morgan fingerprint density at radius 1 is 1.44 bits per heavy atom. The Balaban J connectivity index is 2.93. The molecular formula is C7H10N4O5. The van der Waals surface area contributed by atoms with Crippen LogP contribution >= 0.6 is 0 Å². The number of rotatable bonds is 1. The topological polar surface area (TPSA) is 128 Å². The van der Waals surface area contributed by atoms with Crippen LogP contribution in [0, 0.1) is 0 Å². The molecule has 88 valence electrons. The lowest BCUT2D eigenvalue weighted by atomic mass is 10.2. The highest BCUT2D eigenvalue weighted by Gasteiger charge is 2.56. The van der Waals surface area contributed by atoms with E-state index in [4.69, 9.17) is 0 Å². The van der Waals surface area contributed by atoms with Crippen LogP contribution in [-0.4, -0.2) is 53.7 Å². The van der Waals surface area contributed by atoms with Gasteiger partial charge >= 0.3 is 17.8 Å². The smallest absolute Gasteiger partial charge is 0.327 e. The third kappa shape index (κ3) is 1.56. The molecule has 1 rings (SSSR count). The summed E-state index contributed by atoms with van der Waals surface area (Å²) in [6, 6.07) is -1.83. The van der Waals surface area contributed by atoms with E-state index in [0.29, 0.717) is 4.90 Å². The fraction of sp³-hybridized carbons (Fsp3) is 0.429. The SMILES string of the molecule is CNC(=O)NC(=O)[C@]1(O)C(=O)NC(=O)N1C. The molecule has 9 nitrogen and oxygen atoms in total. The second-order valence-electron chi connectivity index (χ2n) is 3.02. The largest absolute Gasteiger partial charge is 0.356 e. The van der Waals surface area contributed by atoms with Gasteiger partial charge in [-0.15, -0.1) is 0 Å². The highest BCUT2D eigenvalue weighted by atomic mass is 16.4. The number of aliphatic hydroxyl groups is 1. The lowest BCUT2D eigenvalue weighted by Gasteiger charge is -2.24. The van der Waals surface area contributed by atoms with Gasteiger partial charge in [-0.05, 0) is 0 Å². The lowest BCUT2D eigenvalue weighted by Crippen LogP contribution is -2.60. The number of hydrogen-bond donors (Lipinski definition) is 4. The van der Waals surface area contributed by atoms with E-state index >= 15 is 0 Å². The van der Waals surface area contributed by atoms with Crippen molar-refractivity contribution in [2.24, 2.45) is 0 Å². The molecule has 4 N–H and O–H groups in total. The van der Waals surface area contributed by atoms with Crippen LogP contribution in [0.3, 0.4) is 0 Å². The minimum Gasteiger partial charge on any atom is -0.356 e. The maximum atomic E-state index is 11.4. The molecule has 1 atom stereocenters. The first-order valence-corrected chi connectivity index (χ1v) is 4.18. The molecule has 0 aromatic rings. The Labute approximate surface area is 89.8 Å². The summed E-state index contributed by atoms with van der Waals surface area (Å²) in [5.74, 6) is -2.51. The summed E-state index contributed by atoms with van der Waals surface area (Å²) < 4.78 is 0. The van der Waals surface area contributed by atoms with Crippen molar-refractivity contribution >= 4 is 23.9 Å². The third-order valence-corrected chi connectivity index (χ3v) is 2.10. The summed E-state index contributed by atoms with van der Waals surface area (Å²) in [4.78, 5) is 45.0. The molecule has 0 radical (unpaired) electrons. The van der Waals surface area contributed by atoms with E-state index in [1.54, 1.807) is 10.6 Å². The van der Waals surface area contributed by atoms with Gasteiger partial charge in [-0.3, -0.25) is 25.1 Å². The van der Waals surface area contributed by atoms with Crippen LogP contribution in [0.25, 0.3) is 0 Å². The summed E-state index contributed by atoms with van der Waals surface area (Å²) in [6.07, 6.45) is 0. The van der Waals surface area contributed by atoms with Gasteiger partial charge in [0, 0.05) is 14.1 Å². The van der Waals surface area contributed by atoms with Crippen LogP contribution in [0.4, 0.5) is 9.59 Å². The summed E-state index contributed by atoms with van der Waals surface area (Å²) in [7, 11) is 2.29. The first-order chi connectivity index (χ1) is 7.33. The average molecular weight is 230 g/mol. The molecule has 0 spiro atoms. The quantitative estimate of drug-likeness (QED) is 0.288. The minimum atomic E-state index is -2.70. The number of amides is 6. The fourth-order valence-electron chi connectivity index (χ4n) is 1.08. The molecule has 0 saturated carbocycles. The van der Waals surface area contributed by atoms with Crippen molar-refractivity contribution in [3.8, 4) is 0 Å². The van der Waals surface area contributed by atoms with E-state index in [1.165, 1.54) is 7.05 Å². The van der Waals surface area contributed by atoms with Crippen molar-refractivity contribution in [1.29, 1.82) is 0 Å². The second-order valence-corrected chi connectivity index (χ2v) is 3.02. The first kappa shape index (κ1) is 11.9. The minimum absolute atomic E-state index is 0.494. The van der Waals surface area contributed by atoms with E-state index in [0.717, 1.165) is 7.05 Å². The highest BCUT2D eigenvalue weighted by Crippen LogP contribution is 2.16. The van der Waals surface area contributed by atoms with Crippen LogP contribution in [0.5, 0.6) is 0 Å². The Kier molecular flexibility index (Phi) is 2.81. The zero-order chi connectivity index (χ0) is 12.5. The van der Waals surface area contributed by atoms with Crippen LogP contribution in [0.2, 0.25) is 0 Å². The van der Waals surface area contributed by atoms with Gasteiger partial charge in [0.05, 0.1) is 0 Å². The molecule has 1 aliphatic rings. The van der Waals surface area contributed by atoms with Crippen LogP contribution in [0.15, 0.2) is 0 Å². The number of likely N-dealkylation sites (N-methyl/N-ethyl adjacent to an activating group) is 1. The molecule has 9 heteroatoms. The van der Waals surface area contributed by atoms with Crippen LogP contribution < -0.4 is 16.0 Å². The zero-order valence-electron chi connectivity index (χ0n) is 8.53. The monoisotopic (exact) mass is 230 g/mol. The average Bonchev–Trinajstić information content (AvgIpc) is 2.43. The molecule has 0 bridgehead atoms. The first-order valence-electron chi connectivity index (χ1n) is 4.18. The van der Waals surface area contributed by atoms with Gasteiger partial charge in [0.1, 0.15) is 0 Å². The van der Waals surface area contributed by atoms with Crippen molar-refractivity contribution in [2.45, 2.75) is 5.72 Å². The molecule has 0 unspecified atom stereocenters. The number of nitrogens with zero attached hydrogens (tertiary/aromatic N) is 1. The zero-order valence-corrected chi connectivity index (χ0v) is 8.53. The van der Waals surface area contributed by atoms with Crippen molar-refractivity contribution in [3.63, 3.8) is 0 Å². The predicted octanol–water partition coefficient (Wildman–Crippen LogP) is -2.69. The molecule has 16 heavy (non-hydrogen) atoms. The Bertz CT molecular complexity index is 381. The van der Waals surface area contributed by atoms with E-state index in [1.807, 2.05) is 0 Å². The Morgan fingerprint density at radius 2 is 2.00 bits per heavy atom. The Morgan fingerprint density at radius 3 is 2.38 bits per heavy atom. The van der Waals surface area contributed by atoms with E-state index in [-0.39, 0.29) is 0 Å². The second kappa shape index (κ2) is 3.77. The number of urea groups is 2. The summed E-state index contributed by atoms with van der Waals surface area (Å²) in [5.41, 5.74) is -2.70. The van der Waals surface area contributed by atoms with Crippen molar-refractivity contribution in [2.75, 3.05) is 14.1 Å². The van der Waals surface area contributed by atoms with Crippen LogP contribution in [0.1, 0.15) is 0 Å². The van der Waals surface area contributed by atoms with Gasteiger partial charge in [0.25, 0.3) is 11.8 Å². The maximum absolute atomic E-state index is 11.4. The number of hydrogen-bond acceptors (Lipinski definition) is 5. The Hall–Kier alpha value is -2.16. The summed E-state index contributed by atoms with van der Waals surface area (Å²) in [6.45, 7) is 0. The number of nitrogens with one attached hydrogen (secondary N) is 3. The summed E-state index contributed by atoms with van der Waals surface area (Å²) in [5, 5.41) is 15.2. The third-order valence-electron chi connectivity index (χ3n) is 2.10. The summed E-state index contributed by atoms with van der Waals surface area (Å²) >= 11 is 0. The van der Waals surface area contributed by atoms with Gasteiger partial charge in [-0.1, -0.05) is 0 Å². The standard InChI is InChI=1S/C7H10N4O5/c1-8-5(14)9-3(12)7(16)4(13)10-6(15)11(7)2/h16H,1-2H3,(H,10,13,15)(H2,8,9,12,14)/t7-/m0/s1. The van der Waals surface area contributed by atoms with Gasteiger partial charge in [0.2, 0.25) is 0 Å². The molecule has 1 saturated heterocycles. The molecular weight excluding hydrogens is 220 g/mol. The van der Waals surface area contributed by atoms with Gasteiger partial charge in [-0.25, -0.2) is 9.59 Å². The molecule has 6 amide bonds. The molecule has 1 fully saturated rings. The highest BCUT2D eigenvalue weighted by molar-refractivity contribution is 6.20. The predicted molar refractivity (Wildman–Crippen MR) is 48.8 cm³/mol. The number of carbonyl (C=O) groups is 4. The molecule has 0 aromatic heterocycles. The molecule has 0 aliphatic carbocycles. The van der Waals surface area contributed by atoms with Gasteiger partial charge in [-0.2, -0.15) is 0 Å². The van der Waals surface area contributed by atoms with Crippen molar-refractivity contribution < 1.29 is 24.3 Å². The van der Waals surface area contributed by atoms with Crippen molar-refractivity contribution in [3.05, 3.63) is 0 Å².